The maximum Gasteiger partial charge on any atom is 0.221 e. The van der Waals surface area contributed by atoms with Gasteiger partial charge in [0, 0.05) is 18.7 Å². The second kappa shape index (κ2) is 5.69. The number of anilines is 1. The number of nitrogens with zero attached hydrogens (tertiary/aromatic N) is 1. The minimum atomic E-state index is -0.136. The number of hydrogen-bond donors (Lipinski definition) is 1. The summed E-state index contributed by atoms with van der Waals surface area (Å²) >= 11 is 0. The first-order valence-corrected chi connectivity index (χ1v) is 5.73. The van der Waals surface area contributed by atoms with Crippen LogP contribution in [0.1, 0.15) is 12.5 Å². The van der Waals surface area contributed by atoms with Gasteiger partial charge in [0.2, 0.25) is 5.91 Å². The quantitative estimate of drug-likeness (QED) is 0.911. The summed E-state index contributed by atoms with van der Waals surface area (Å²) in [5.74, 6) is 1.05. The summed E-state index contributed by atoms with van der Waals surface area (Å²) in [7, 11) is 0. The molecule has 0 unspecified atom stereocenters. The number of carbonyl (C=O) groups excluding carboxylic acids is 1. The number of ether oxygens (including phenoxy) is 1. The summed E-state index contributed by atoms with van der Waals surface area (Å²) in [6.07, 6.45) is 0. The number of benzene rings is 2. The fourth-order valence-electron chi connectivity index (χ4n) is 1.61. The van der Waals surface area contributed by atoms with Gasteiger partial charge >= 0.3 is 0 Å². The van der Waals surface area contributed by atoms with E-state index in [0.29, 0.717) is 22.7 Å². The van der Waals surface area contributed by atoms with Crippen molar-refractivity contribution in [2.45, 2.75) is 6.92 Å². The zero-order chi connectivity index (χ0) is 13.7. The van der Waals surface area contributed by atoms with E-state index in [4.69, 9.17) is 10.00 Å². The summed E-state index contributed by atoms with van der Waals surface area (Å²) < 4.78 is 5.64. The molecule has 4 heteroatoms. The largest absolute Gasteiger partial charge is 0.457 e. The van der Waals surface area contributed by atoms with Crippen LogP contribution in [0.25, 0.3) is 0 Å². The minimum Gasteiger partial charge on any atom is -0.457 e. The molecule has 1 amide bonds. The molecule has 0 fully saturated rings. The summed E-state index contributed by atoms with van der Waals surface area (Å²) in [5.41, 5.74) is 1.21. The van der Waals surface area contributed by atoms with Crippen LogP contribution >= 0.6 is 0 Å². The zero-order valence-electron chi connectivity index (χ0n) is 10.4. The van der Waals surface area contributed by atoms with Crippen LogP contribution < -0.4 is 10.1 Å². The first-order chi connectivity index (χ1) is 9.17. The molecule has 94 valence electrons. The van der Waals surface area contributed by atoms with Crippen molar-refractivity contribution in [1.82, 2.24) is 0 Å². The number of nitrogens with one attached hydrogen (secondary N) is 1. The summed E-state index contributed by atoms with van der Waals surface area (Å²) in [4.78, 5) is 11.0. The van der Waals surface area contributed by atoms with E-state index in [0.717, 1.165) is 0 Å². The first kappa shape index (κ1) is 12.7. The lowest BCUT2D eigenvalue weighted by Gasteiger charge is -2.08. The Balaban J connectivity index is 2.18. The van der Waals surface area contributed by atoms with Gasteiger partial charge in [-0.05, 0) is 30.3 Å². The molecule has 0 saturated carbocycles. The third-order valence-electron chi connectivity index (χ3n) is 2.35. The third-order valence-corrected chi connectivity index (χ3v) is 2.35. The second-order valence-corrected chi connectivity index (χ2v) is 3.95. The van der Waals surface area contributed by atoms with E-state index in [-0.39, 0.29) is 5.91 Å². The van der Waals surface area contributed by atoms with Gasteiger partial charge in [-0.1, -0.05) is 12.1 Å². The highest BCUT2D eigenvalue weighted by atomic mass is 16.5. The Kier molecular flexibility index (Phi) is 3.79. The van der Waals surface area contributed by atoms with Gasteiger partial charge in [0.1, 0.15) is 11.5 Å². The molecule has 0 spiro atoms. The average molecular weight is 252 g/mol. The molecule has 0 atom stereocenters. The molecule has 2 aromatic carbocycles. The molecule has 19 heavy (non-hydrogen) atoms. The fourth-order valence-corrected chi connectivity index (χ4v) is 1.61. The van der Waals surface area contributed by atoms with E-state index < -0.39 is 0 Å². The Morgan fingerprint density at radius 3 is 2.53 bits per heavy atom. The Hall–Kier alpha value is -2.80. The van der Waals surface area contributed by atoms with Crippen LogP contribution in [-0.4, -0.2) is 5.91 Å². The van der Waals surface area contributed by atoms with Crippen molar-refractivity contribution in [2.24, 2.45) is 0 Å². The average Bonchev–Trinajstić information content (AvgIpc) is 2.38. The van der Waals surface area contributed by atoms with E-state index >= 15 is 0 Å². The normalized spacial score (nSPS) is 9.47. The monoisotopic (exact) mass is 252 g/mol. The van der Waals surface area contributed by atoms with Crippen LogP contribution in [0.3, 0.4) is 0 Å². The van der Waals surface area contributed by atoms with Crippen LogP contribution in [0.4, 0.5) is 5.69 Å². The smallest absolute Gasteiger partial charge is 0.221 e. The lowest BCUT2D eigenvalue weighted by molar-refractivity contribution is -0.114. The van der Waals surface area contributed by atoms with Crippen molar-refractivity contribution >= 4 is 11.6 Å². The zero-order valence-corrected chi connectivity index (χ0v) is 10.4. The van der Waals surface area contributed by atoms with Crippen molar-refractivity contribution in [3.8, 4) is 17.6 Å². The molecule has 0 saturated heterocycles. The third kappa shape index (κ3) is 3.58. The van der Waals surface area contributed by atoms with Crippen molar-refractivity contribution < 1.29 is 9.53 Å². The summed E-state index contributed by atoms with van der Waals surface area (Å²) in [6.45, 7) is 1.45. The predicted molar refractivity (Wildman–Crippen MR) is 72.0 cm³/mol. The van der Waals surface area contributed by atoms with Crippen LogP contribution in [-0.2, 0) is 4.79 Å². The summed E-state index contributed by atoms with van der Waals surface area (Å²) in [5, 5.41) is 11.5. The highest BCUT2D eigenvalue weighted by Crippen LogP contribution is 2.24. The van der Waals surface area contributed by atoms with Crippen molar-refractivity contribution in [2.75, 3.05) is 5.32 Å². The molecule has 0 aliphatic heterocycles. The lowest BCUT2D eigenvalue weighted by atomic mass is 10.2. The molecule has 1 N–H and O–H groups in total. The van der Waals surface area contributed by atoms with E-state index in [1.165, 1.54) is 6.92 Å². The SMILES string of the molecule is CC(=O)Nc1cccc(Oc2cccc(C#N)c2)c1. The molecular weight excluding hydrogens is 240 g/mol. The Morgan fingerprint density at radius 2 is 1.84 bits per heavy atom. The van der Waals surface area contributed by atoms with Crippen LogP contribution in [0.15, 0.2) is 48.5 Å². The van der Waals surface area contributed by atoms with E-state index in [1.54, 1.807) is 48.5 Å². The highest BCUT2D eigenvalue weighted by molar-refractivity contribution is 5.88. The molecule has 2 aromatic rings. The number of nitriles is 1. The Labute approximate surface area is 111 Å². The number of carbonyl (C=O) groups is 1. The fraction of sp³-hybridized carbons (Fsp3) is 0.0667. The van der Waals surface area contributed by atoms with Crippen LogP contribution in [0.5, 0.6) is 11.5 Å². The Morgan fingerprint density at radius 1 is 1.16 bits per heavy atom. The molecule has 2 rings (SSSR count). The van der Waals surface area contributed by atoms with Crippen LogP contribution in [0, 0.1) is 11.3 Å². The molecular formula is C15H12N2O2. The van der Waals surface area contributed by atoms with E-state index in [1.807, 2.05) is 0 Å². The van der Waals surface area contributed by atoms with E-state index in [9.17, 15) is 4.79 Å². The molecule has 0 aliphatic rings. The van der Waals surface area contributed by atoms with Gasteiger partial charge in [0.25, 0.3) is 0 Å². The van der Waals surface area contributed by atoms with Crippen molar-refractivity contribution in [1.29, 1.82) is 5.26 Å². The molecule has 0 aliphatic carbocycles. The van der Waals surface area contributed by atoms with Gasteiger partial charge in [-0.2, -0.15) is 5.26 Å². The van der Waals surface area contributed by atoms with Gasteiger partial charge in [0.15, 0.2) is 0 Å². The van der Waals surface area contributed by atoms with Crippen LogP contribution in [0.2, 0.25) is 0 Å². The first-order valence-electron chi connectivity index (χ1n) is 5.73. The number of hydrogen-bond acceptors (Lipinski definition) is 3. The molecule has 0 heterocycles. The van der Waals surface area contributed by atoms with Gasteiger partial charge in [-0.15, -0.1) is 0 Å². The predicted octanol–water partition coefficient (Wildman–Crippen LogP) is 3.31. The topological polar surface area (TPSA) is 62.1 Å². The van der Waals surface area contributed by atoms with Gasteiger partial charge in [-0.3, -0.25) is 4.79 Å². The number of rotatable bonds is 3. The minimum absolute atomic E-state index is 0.136. The molecule has 0 aromatic heterocycles. The Bertz CT molecular complexity index is 645. The lowest BCUT2D eigenvalue weighted by Crippen LogP contribution is -2.05. The molecule has 4 nitrogen and oxygen atoms in total. The standard InChI is InChI=1S/C15H12N2O2/c1-11(18)17-13-5-3-7-15(9-13)19-14-6-2-4-12(8-14)10-16/h2-9H,1H3,(H,17,18). The van der Waals surface area contributed by atoms with E-state index in [2.05, 4.69) is 11.4 Å². The van der Waals surface area contributed by atoms with Gasteiger partial charge in [0.05, 0.1) is 11.6 Å². The van der Waals surface area contributed by atoms with Crippen molar-refractivity contribution in [3.05, 3.63) is 54.1 Å². The number of amides is 1. The van der Waals surface area contributed by atoms with Crippen molar-refractivity contribution in [3.63, 3.8) is 0 Å². The van der Waals surface area contributed by atoms with Gasteiger partial charge in [-0.25, -0.2) is 0 Å². The highest BCUT2D eigenvalue weighted by Gasteiger charge is 2.01. The molecule has 0 bridgehead atoms. The second-order valence-electron chi connectivity index (χ2n) is 3.95. The summed E-state index contributed by atoms with van der Waals surface area (Å²) in [6, 6.07) is 16.0. The maximum atomic E-state index is 11.0. The molecule has 0 radical (unpaired) electrons. The maximum absolute atomic E-state index is 11.0. The van der Waals surface area contributed by atoms with Gasteiger partial charge < -0.3 is 10.1 Å².